The first kappa shape index (κ1) is 87.5. The molecule has 0 radical (unpaired) electrons. The SMILES string of the molecule is CC(=O)Cc1ccc2nnn(C3CCC(=O)NC3=O)c(=O)c2c1.CC(=O)Nc1cccc2nnn(C3CCC(=O)NC3=O)c(=O)c12.Nc1cccc2c(=O)n(C3CCC(=O)NC3=O)nnc12.Nc1cccc2c(=O)n(C3CCC(=O)NC3=O)nnc12.O=C1CCC(n2nnc3c([N+](=O)[O-])cccc3c2=O)C(=O)N1.O=C1CCC(n2nnc3ccccc3c2=O)C(=O)N1. The van der Waals surface area contributed by atoms with Crippen LogP contribution in [-0.4, -0.2) is 177 Å². The highest BCUT2D eigenvalue weighted by molar-refractivity contribution is 6.04. The lowest BCUT2D eigenvalue weighted by Gasteiger charge is -2.21. The number of imide groups is 6. The van der Waals surface area contributed by atoms with Crippen LogP contribution < -0.4 is 82.0 Å². The zero-order valence-corrected chi connectivity index (χ0v) is 66.3. The van der Waals surface area contributed by atoms with Gasteiger partial charge in [-0.05, 0) is 118 Å². The molecule has 6 fully saturated rings. The zero-order chi connectivity index (χ0) is 90.9. The van der Waals surface area contributed by atoms with Crippen molar-refractivity contribution in [2.75, 3.05) is 16.8 Å². The van der Waals surface area contributed by atoms with E-state index in [0.29, 0.717) is 71.8 Å². The van der Waals surface area contributed by atoms with Crippen LogP contribution in [0.5, 0.6) is 0 Å². The van der Waals surface area contributed by atoms with Crippen LogP contribution in [0.25, 0.3) is 65.4 Å². The standard InChI is InChI=1S/C15H14N4O4.C14H13N5O4.C12H9N5O5.2C12H11N5O3.C12H10N4O3/c1-8(20)6-9-2-3-11-10(7-9)15(23)19(18-17-11)12-4-5-13(21)16-14(12)22;1-7(20)15-8-3-2-4-9-12(8)14(23)19(18-17-9)10-5-6-11(21)16-13(10)22;18-9-5-4-8(11(19)13-9)16-12(20)6-2-1-3-7(17(21)22)10(6)14-15-16;2*13-7-3-1-2-6-10(7)15-16-17(12(6)20)8-4-5-9(18)14-11(8)19;17-10-6-5-9(11(18)13-10)16-12(19)7-3-1-2-4-8(7)14-15-16/h2-3,7,12H,4-6H2,1H3,(H,16,21,22);2-4,10H,5-6H2,1H3,(H,15,20)(H,16,21,22);1-3,8H,4-5H2,(H,13,18,19);2*1-3,8H,4-5,13H2,(H,14,18,19);1-4,9H,5-6H2,(H,13,17,18). The van der Waals surface area contributed by atoms with Gasteiger partial charge in [0.2, 0.25) is 41.4 Å². The van der Waals surface area contributed by atoms with Crippen LogP contribution in [0.1, 0.15) is 133 Å². The molecule has 50 heteroatoms. The van der Waals surface area contributed by atoms with Crippen LogP contribution in [0.15, 0.2) is 144 Å². The molecule has 6 saturated heterocycles. The minimum atomic E-state index is -0.957. The molecule has 0 saturated carbocycles. The van der Waals surface area contributed by atoms with Crippen molar-refractivity contribution >= 4 is 171 Å². The first-order valence-corrected chi connectivity index (χ1v) is 38.4. The van der Waals surface area contributed by atoms with Crippen LogP contribution in [0.2, 0.25) is 0 Å². The predicted octanol–water partition coefficient (Wildman–Crippen LogP) is -2.22. The van der Waals surface area contributed by atoms with Gasteiger partial charge in [0.15, 0.2) is 5.52 Å². The lowest BCUT2D eigenvalue weighted by atomic mass is 10.1. The van der Waals surface area contributed by atoms with Crippen molar-refractivity contribution < 1.29 is 72.0 Å². The Morgan fingerprint density at radius 1 is 0.370 bits per heavy atom. The highest BCUT2D eigenvalue weighted by Crippen LogP contribution is 2.27. The van der Waals surface area contributed by atoms with Gasteiger partial charge in [0.25, 0.3) is 74.5 Å². The number of amides is 13. The van der Waals surface area contributed by atoms with Crippen molar-refractivity contribution in [1.29, 1.82) is 0 Å². The summed E-state index contributed by atoms with van der Waals surface area (Å²) in [6.45, 7) is 2.79. The summed E-state index contributed by atoms with van der Waals surface area (Å²) >= 11 is 0. The van der Waals surface area contributed by atoms with E-state index in [9.17, 15) is 106 Å². The molecule has 6 aliphatic rings. The maximum Gasteiger partial charge on any atom is 0.297 e. The number of non-ortho nitro benzene ring substituents is 1. The molecular formula is C77H68N28O22. The van der Waals surface area contributed by atoms with E-state index in [2.05, 4.69) is 99.1 Å². The Balaban J connectivity index is 0.000000131. The molecule has 648 valence electrons. The lowest BCUT2D eigenvalue weighted by molar-refractivity contribution is -0.383. The van der Waals surface area contributed by atoms with Gasteiger partial charge in [0.1, 0.15) is 69.6 Å². The summed E-state index contributed by atoms with van der Waals surface area (Å²) in [5, 5.41) is 73.8. The molecule has 6 aromatic carbocycles. The molecule has 12 aromatic rings. The molecule has 0 spiro atoms. The van der Waals surface area contributed by atoms with E-state index in [4.69, 9.17) is 11.5 Å². The molecule has 6 atom stereocenters. The highest BCUT2D eigenvalue weighted by Gasteiger charge is 2.37. The fraction of sp³-hybridized carbons (Fsp3) is 0.273. The van der Waals surface area contributed by atoms with E-state index < -0.39 is 110 Å². The Hall–Kier alpha value is -17.3. The van der Waals surface area contributed by atoms with Gasteiger partial charge in [0.05, 0.1) is 54.3 Å². The van der Waals surface area contributed by atoms with Gasteiger partial charge < -0.3 is 16.8 Å². The normalized spacial score (nSPS) is 18.6. The molecule has 50 nitrogen and oxygen atoms in total. The average Bonchev–Trinajstić information content (AvgIpc) is 0.803. The summed E-state index contributed by atoms with van der Waals surface area (Å²) in [5.41, 5.74) is 11.5. The number of nitrogens with one attached hydrogen (secondary N) is 7. The maximum absolute atomic E-state index is 12.7. The first-order chi connectivity index (χ1) is 60.7. The Labute approximate surface area is 705 Å². The number of aromatic nitrogens is 18. The predicted molar refractivity (Wildman–Crippen MR) is 435 cm³/mol. The number of hydrogen-bond donors (Lipinski definition) is 9. The fourth-order valence-corrected chi connectivity index (χ4v) is 14.0. The van der Waals surface area contributed by atoms with Gasteiger partial charge in [-0.15, -0.1) is 30.6 Å². The number of nitrogens with zero attached hydrogens (tertiary/aromatic N) is 19. The summed E-state index contributed by atoms with van der Waals surface area (Å²) in [7, 11) is 0. The molecule has 18 rings (SSSR count). The van der Waals surface area contributed by atoms with Crippen molar-refractivity contribution in [1.82, 2.24) is 122 Å². The molecule has 6 aliphatic heterocycles. The minimum Gasteiger partial charge on any atom is -0.397 e. The van der Waals surface area contributed by atoms with Crippen LogP contribution in [0.4, 0.5) is 22.7 Å². The van der Waals surface area contributed by atoms with Gasteiger partial charge in [-0.1, -0.05) is 73.7 Å². The van der Waals surface area contributed by atoms with Gasteiger partial charge in [-0.3, -0.25) is 138 Å². The Bertz CT molecular complexity index is 6970. The Kier molecular flexibility index (Phi) is 25.8. The van der Waals surface area contributed by atoms with E-state index >= 15 is 0 Å². The number of carbonyl (C=O) groups excluding carboxylic acids is 14. The number of rotatable bonds is 10. The topological polar surface area (TPSA) is 705 Å². The lowest BCUT2D eigenvalue weighted by Crippen LogP contribution is -2.45. The van der Waals surface area contributed by atoms with Crippen LogP contribution >= 0.6 is 0 Å². The number of nitrogens with two attached hydrogens (primary N) is 2. The second kappa shape index (κ2) is 37.4. The van der Waals surface area contributed by atoms with Gasteiger partial charge in [-0.25, -0.2) is 0 Å². The van der Waals surface area contributed by atoms with Gasteiger partial charge >= 0.3 is 0 Å². The summed E-state index contributed by atoms with van der Waals surface area (Å²) in [6.07, 6.45) is 2.31. The molecular weight excluding hydrogens is 1670 g/mol. The van der Waals surface area contributed by atoms with E-state index in [1.165, 1.54) is 32.0 Å². The van der Waals surface area contributed by atoms with Crippen molar-refractivity contribution in [2.24, 2.45) is 0 Å². The average molecular weight is 1740 g/mol. The second-order valence-corrected chi connectivity index (χ2v) is 28.9. The van der Waals surface area contributed by atoms with E-state index in [1.54, 1.807) is 97.1 Å². The van der Waals surface area contributed by atoms with Crippen LogP contribution in [0.3, 0.4) is 0 Å². The van der Waals surface area contributed by atoms with E-state index in [0.717, 1.165) is 28.1 Å². The van der Waals surface area contributed by atoms with Crippen molar-refractivity contribution in [3.63, 3.8) is 0 Å². The molecule has 12 heterocycles. The van der Waals surface area contributed by atoms with Crippen LogP contribution in [-0.2, 0) is 73.5 Å². The third kappa shape index (κ3) is 19.1. The van der Waals surface area contributed by atoms with E-state index in [1.807, 2.05) is 0 Å². The number of Topliss-reactive ketones (excluding diaryl/α,β-unsaturated/α-hetero) is 1. The Morgan fingerprint density at radius 2 is 0.677 bits per heavy atom. The number of fused-ring (bicyclic) bond motifs is 6. The monoisotopic (exact) mass is 1740 g/mol. The number of benzene rings is 6. The molecule has 11 N–H and O–H groups in total. The number of hydrogen-bond acceptors (Lipinski definition) is 36. The number of nitro benzene ring substituents is 1. The van der Waals surface area contributed by atoms with Gasteiger partial charge in [0, 0.05) is 57.9 Å². The summed E-state index contributed by atoms with van der Waals surface area (Å²) in [4.78, 5) is 245. The van der Waals surface area contributed by atoms with Crippen LogP contribution in [0, 0.1) is 10.1 Å². The van der Waals surface area contributed by atoms with Crippen molar-refractivity contribution in [3.8, 4) is 0 Å². The number of anilines is 3. The second-order valence-electron chi connectivity index (χ2n) is 28.9. The summed E-state index contributed by atoms with van der Waals surface area (Å²) < 4.78 is 5.86. The fourth-order valence-electron chi connectivity index (χ4n) is 14.0. The Morgan fingerprint density at radius 3 is 1.06 bits per heavy atom. The third-order valence-electron chi connectivity index (χ3n) is 20.2. The number of nitrogen functional groups attached to an aromatic ring is 2. The third-order valence-corrected chi connectivity index (χ3v) is 20.2. The largest absolute Gasteiger partial charge is 0.397 e. The summed E-state index contributed by atoms with van der Waals surface area (Å²) in [5.74, 6) is -5.92. The van der Waals surface area contributed by atoms with Gasteiger partial charge in [-0.2, -0.15) is 28.1 Å². The van der Waals surface area contributed by atoms with E-state index in [-0.39, 0.29) is 152 Å². The molecule has 0 bridgehead atoms. The maximum atomic E-state index is 12.7. The summed E-state index contributed by atoms with van der Waals surface area (Å²) in [6, 6.07) is 25.0. The first-order valence-electron chi connectivity index (χ1n) is 38.4. The molecule has 0 aliphatic carbocycles. The molecule has 13 amide bonds. The minimum absolute atomic E-state index is 0.00565. The molecule has 127 heavy (non-hydrogen) atoms. The number of ketones is 1. The molecule has 6 unspecified atom stereocenters. The smallest absolute Gasteiger partial charge is 0.297 e. The highest BCUT2D eigenvalue weighted by atomic mass is 16.6. The quantitative estimate of drug-likeness (QED) is 0.0303. The number of piperidine rings is 6. The zero-order valence-electron chi connectivity index (χ0n) is 66.3. The van der Waals surface area contributed by atoms with Crippen molar-refractivity contribution in [3.05, 3.63) is 193 Å². The number of nitro groups is 1. The number of carbonyl (C=O) groups is 14. The van der Waals surface area contributed by atoms with Crippen molar-refractivity contribution in [2.45, 2.75) is 134 Å². The molecule has 6 aromatic heterocycles.